The van der Waals surface area contributed by atoms with Crippen LogP contribution < -0.4 is 0 Å². The maximum Gasteiger partial charge on any atom is 0.103 e. The molecular weight excluding hydrogens is 595 g/mol. The second-order valence-corrected chi connectivity index (χ2v) is 12.3. The van der Waals surface area contributed by atoms with Crippen LogP contribution in [0, 0.1) is 22.7 Å². The minimum atomic E-state index is 0.365. The molecule has 8 aromatic carbocycles. The molecule has 0 radical (unpaired) electrons. The molecule has 0 aliphatic rings. The molecule has 0 spiro atoms. The van der Waals surface area contributed by atoms with Crippen molar-refractivity contribution in [2.75, 3.05) is 0 Å². The topological polar surface area (TPSA) is 52.5 Å². The van der Waals surface area contributed by atoms with E-state index in [1.807, 2.05) is 36.4 Å². The van der Waals surface area contributed by atoms with Crippen LogP contribution in [0.3, 0.4) is 0 Å². The minimum Gasteiger partial charge on any atom is -0.308 e. The second kappa shape index (κ2) is 11.4. The molecule has 3 nitrogen and oxygen atoms in total. The average molecular weight is 622 g/mol. The van der Waals surface area contributed by atoms with Gasteiger partial charge in [-0.3, -0.25) is 0 Å². The zero-order chi connectivity index (χ0) is 32.9. The van der Waals surface area contributed by atoms with Crippen LogP contribution in [0.15, 0.2) is 164 Å². The van der Waals surface area contributed by atoms with Gasteiger partial charge >= 0.3 is 0 Å². The van der Waals surface area contributed by atoms with E-state index in [0.717, 1.165) is 38.5 Å². The molecular formula is C46H27N3. The lowest BCUT2D eigenvalue weighted by atomic mass is 9.85. The number of nitrogens with zero attached hydrogens (tertiary/aromatic N) is 3. The summed E-state index contributed by atoms with van der Waals surface area (Å²) >= 11 is 0. The van der Waals surface area contributed by atoms with E-state index in [0.29, 0.717) is 16.8 Å². The van der Waals surface area contributed by atoms with E-state index in [-0.39, 0.29) is 0 Å². The lowest BCUT2D eigenvalue weighted by molar-refractivity contribution is 1.16. The van der Waals surface area contributed by atoms with Crippen molar-refractivity contribution in [2.24, 2.45) is 0 Å². The first kappa shape index (κ1) is 28.3. The van der Waals surface area contributed by atoms with E-state index < -0.39 is 0 Å². The Morgan fingerprint density at radius 2 is 0.755 bits per heavy atom. The molecule has 3 heteroatoms. The molecule has 9 rings (SSSR count). The monoisotopic (exact) mass is 621 g/mol. The van der Waals surface area contributed by atoms with Crippen LogP contribution >= 0.6 is 0 Å². The predicted molar refractivity (Wildman–Crippen MR) is 202 cm³/mol. The summed E-state index contributed by atoms with van der Waals surface area (Å²) in [5.74, 6) is 0. The first-order chi connectivity index (χ1) is 24.3. The largest absolute Gasteiger partial charge is 0.308 e. The van der Waals surface area contributed by atoms with Gasteiger partial charge in [-0.05, 0) is 67.6 Å². The molecule has 0 fully saturated rings. The molecule has 226 valence electrons. The van der Waals surface area contributed by atoms with Gasteiger partial charge in [-0.25, -0.2) is 0 Å². The molecule has 0 amide bonds. The first-order valence-corrected chi connectivity index (χ1v) is 16.3. The number of hydrogen-bond acceptors (Lipinski definition) is 2. The van der Waals surface area contributed by atoms with Gasteiger partial charge in [0.1, 0.15) is 12.1 Å². The molecule has 0 saturated carbocycles. The molecule has 0 unspecified atom stereocenters. The van der Waals surface area contributed by atoms with Crippen molar-refractivity contribution in [2.45, 2.75) is 0 Å². The van der Waals surface area contributed by atoms with E-state index in [9.17, 15) is 10.5 Å². The highest BCUT2D eigenvalue weighted by Crippen LogP contribution is 2.44. The van der Waals surface area contributed by atoms with E-state index in [1.54, 1.807) is 0 Å². The van der Waals surface area contributed by atoms with E-state index >= 15 is 0 Å². The molecule has 0 bridgehead atoms. The van der Waals surface area contributed by atoms with Crippen LogP contribution in [0.4, 0.5) is 0 Å². The highest BCUT2D eigenvalue weighted by molar-refractivity contribution is 6.21. The number of aromatic nitrogens is 1. The summed E-state index contributed by atoms with van der Waals surface area (Å²) in [5, 5.41) is 28.1. The fraction of sp³-hybridized carbons (Fsp3) is 0. The summed E-state index contributed by atoms with van der Waals surface area (Å²) in [6, 6.07) is 61.4. The van der Waals surface area contributed by atoms with Gasteiger partial charge in [0.2, 0.25) is 0 Å². The van der Waals surface area contributed by atoms with Crippen molar-refractivity contribution >= 4 is 43.4 Å². The van der Waals surface area contributed by atoms with Crippen LogP contribution in [0.1, 0.15) is 11.1 Å². The summed E-state index contributed by atoms with van der Waals surface area (Å²) in [7, 11) is 0. The Labute approximate surface area is 283 Å². The summed E-state index contributed by atoms with van der Waals surface area (Å²) in [6.07, 6.45) is 0. The van der Waals surface area contributed by atoms with Gasteiger partial charge in [0.15, 0.2) is 0 Å². The Balaban J connectivity index is 1.21. The van der Waals surface area contributed by atoms with Crippen molar-refractivity contribution in [1.29, 1.82) is 10.5 Å². The molecule has 1 aromatic heterocycles. The zero-order valence-electron chi connectivity index (χ0n) is 26.4. The lowest BCUT2D eigenvalue weighted by Gasteiger charge is -2.18. The third kappa shape index (κ3) is 4.35. The lowest BCUT2D eigenvalue weighted by Crippen LogP contribution is -2.01. The van der Waals surface area contributed by atoms with Crippen molar-refractivity contribution in [3.05, 3.63) is 175 Å². The number of rotatable bonds is 4. The summed E-state index contributed by atoms with van der Waals surface area (Å²) < 4.78 is 2.10. The van der Waals surface area contributed by atoms with Gasteiger partial charge in [-0.2, -0.15) is 10.5 Å². The van der Waals surface area contributed by atoms with Crippen LogP contribution in [-0.2, 0) is 0 Å². The fourth-order valence-electron chi connectivity index (χ4n) is 7.60. The maximum absolute atomic E-state index is 10.5. The van der Waals surface area contributed by atoms with Gasteiger partial charge < -0.3 is 4.57 Å². The Morgan fingerprint density at radius 3 is 1.24 bits per heavy atom. The third-order valence-electron chi connectivity index (χ3n) is 9.71. The number of fused-ring (bicyclic) bond motifs is 5. The number of hydrogen-bond donors (Lipinski definition) is 0. The Hall–Kier alpha value is -6.94. The maximum atomic E-state index is 10.5. The molecule has 0 aliphatic carbocycles. The minimum absolute atomic E-state index is 0.365. The number of nitriles is 2. The van der Waals surface area contributed by atoms with Crippen molar-refractivity contribution in [1.82, 2.24) is 4.57 Å². The first-order valence-electron chi connectivity index (χ1n) is 16.3. The van der Waals surface area contributed by atoms with E-state index in [1.165, 1.54) is 38.2 Å². The van der Waals surface area contributed by atoms with Gasteiger partial charge in [-0.15, -0.1) is 0 Å². The molecule has 0 atom stereocenters. The molecule has 1 heterocycles. The normalized spacial score (nSPS) is 11.2. The highest BCUT2D eigenvalue weighted by Gasteiger charge is 2.21. The van der Waals surface area contributed by atoms with Gasteiger partial charge in [0.25, 0.3) is 0 Å². The Morgan fingerprint density at radius 1 is 0.347 bits per heavy atom. The molecule has 0 aliphatic heterocycles. The Kier molecular flexibility index (Phi) is 6.58. The fourth-order valence-corrected chi connectivity index (χ4v) is 7.60. The van der Waals surface area contributed by atoms with Crippen molar-refractivity contribution in [3.63, 3.8) is 0 Å². The van der Waals surface area contributed by atoms with Gasteiger partial charge in [-0.1, -0.05) is 146 Å². The Bertz CT molecular complexity index is 2720. The van der Waals surface area contributed by atoms with Gasteiger partial charge in [0.05, 0.1) is 27.8 Å². The standard InChI is InChI=1S/C46H27N3/c47-28-40-33(26-27-44(41(40)29-48)49-42-20-10-8-14-34(42)35-15-9-11-21-43(35)49)30-22-24-32(25-23-30)46-38-18-6-4-16-36(38)45(31-12-2-1-3-13-31)37-17-5-7-19-39(37)46/h1-27H. The summed E-state index contributed by atoms with van der Waals surface area (Å²) in [5.41, 5.74) is 9.77. The van der Waals surface area contributed by atoms with Crippen molar-refractivity contribution < 1.29 is 0 Å². The van der Waals surface area contributed by atoms with Crippen molar-refractivity contribution in [3.8, 4) is 51.2 Å². The van der Waals surface area contributed by atoms with Crippen LogP contribution in [0.5, 0.6) is 0 Å². The second-order valence-electron chi connectivity index (χ2n) is 12.3. The SMILES string of the molecule is N#Cc1c(-c2ccc(-c3c4ccccc4c(-c4ccccc4)c4ccccc34)cc2)ccc(-n2c3ccccc3c3ccccc32)c1C#N. The number of para-hydroxylation sites is 2. The molecule has 9 aromatic rings. The predicted octanol–water partition coefficient (Wildman–Crippen LogP) is 11.8. The quantitative estimate of drug-likeness (QED) is 0.184. The highest BCUT2D eigenvalue weighted by atomic mass is 15.0. The average Bonchev–Trinajstić information content (AvgIpc) is 3.51. The molecule has 0 saturated heterocycles. The van der Waals surface area contributed by atoms with E-state index in [2.05, 4.69) is 144 Å². The molecule has 0 N–H and O–H groups in total. The third-order valence-corrected chi connectivity index (χ3v) is 9.71. The smallest absolute Gasteiger partial charge is 0.103 e. The number of benzene rings is 8. The summed E-state index contributed by atoms with van der Waals surface area (Å²) in [6.45, 7) is 0. The summed E-state index contributed by atoms with van der Waals surface area (Å²) in [4.78, 5) is 0. The van der Waals surface area contributed by atoms with E-state index in [4.69, 9.17) is 0 Å². The zero-order valence-corrected chi connectivity index (χ0v) is 26.4. The van der Waals surface area contributed by atoms with Crippen LogP contribution in [-0.4, -0.2) is 4.57 Å². The van der Waals surface area contributed by atoms with Crippen LogP contribution in [0.2, 0.25) is 0 Å². The van der Waals surface area contributed by atoms with Gasteiger partial charge in [0, 0.05) is 16.3 Å². The van der Waals surface area contributed by atoms with Crippen LogP contribution in [0.25, 0.3) is 82.4 Å². The molecule has 49 heavy (non-hydrogen) atoms.